The van der Waals surface area contributed by atoms with Crippen LogP contribution in [0.2, 0.25) is 0 Å². The number of nitrogens with one attached hydrogen (secondary N) is 1. The molecule has 0 saturated carbocycles. The number of allylic oxidation sites excluding steroid dienone is 1. The highest BCUT2D eigenvalue weighted by molar-refractivity contribution is 9.10. The van der Waals surface area contributed by atoms with E-state index in [1.807, 2.05) is 31.2 Å². The van der Waals surface area contributed by atoms with Crippen molar-refractivity contribution in [3.8, 4) is 0 Å². The van der Waals surface area contributed by atoms with E-state index in [-0.39, 0.29) is 5.91 Å². The number of halogens is 1. The second kappa shape index (κ2) is 6.76. The van der Waals surface area contributed by atoms with Gasteiger partial charge in [0.1, 0.15) is 0 Å². The van der Waals surface area contributed by atoms with Crippen molar-refractivity contribution in [3.05, 3.63) is 40.4 Å². The van der Waals surface area contributed by atoms with Gasteiger partial charge < -0.3 is 5.32 Å². The van der Waals surface area contributed by atoms with Crippen LogP contribution in [0.15, 0.2) is 39.7 Å². The predicted molar refractivity (Wildman–Crippen MR) is 73.2 cm³/mol. The first-order valence-corrected chi connectivity index (χ1v) is 6.27. The average molecular weight is 300 g/mol. The monoisotopic (exact) mass is 299 g/mol. The van der Waals surface area contributed by atoms with Gasteiger partial charge in [-0.25, -0.2) is 0 Å². The van der Waals surface area contributed by atoms with E-state index >= 15 is 0 Å². The number of hydrogen-bond acceptors (Lipinski definition) is 2. The van der Waals surface area contributed by atoms with Crippen molar-refractivity contribution >= 4 is 34.5 Å². The Labute approximate surface area is 110 Å². The fourth-order valence-corrected chi connectivity index (χ4v) is 1.85. The Bertz CT molecular complexity index is 404. The Kier molecular flexibility index (Phi) is 5.63. The predicted octanol–water partition coefficient (Wildman–Crippen LogP) is 3.43. The highest BCUT2D eigenvalue weighted by Gasteiger charge is 2.08. The molecule has 0 atom stereocenters. The summed E-state index contributed by atoms with van der Waals surface area (Å²) in [6.45, 7) is 2.61. The maximum atomic E-state index is 11.8. The lowest BCUT2D eigenvalue weighted by Gasteiger charge is -2.06. The van der Waals surface area contributed by atoms with Crippen LogP contribution < -0.4 is 5.32 Å². The summed E-state index contributed by atoms with van der Waals surface area (Å²) in [5.74, 6) is -0.0766. The van der Waals surface area contributed by atoms with Crippen LogP contribution in [-0.2, 0) is 0 Å². The van der Waals surface area contributed by atoms with Crippen molar-refractivity contribution in [1.29, 1.82) is 0 Å². The van der Waals surface area contributed by atoms with Crippen LogP contribution in [0.25, 0.3) is 0 Å². The van der Waals surface area contributed by atoms with Gasteiger partial charge in [0.2, 0.25) is 0 Å². The highest BCUT2D eigenvalue weighted by atomic mass is 79.9. The first-order chi connectivity index (χ1) is 7.65. The number of thiol groups is 1. The average Bonchev–Trinajstić information content (AvgIpc) is 2.27. The molecule has 0 radical (unpaired) electrons. The summed E-state index contributed by atoms with van der Waals surface area (Å²) in [7, 11) is 0. The summed E-state index contributed by atoms with van der Waals surface area (Å²) < 4.78 is 0.786. The van der Waals surface area contributed by atoms with Gasteiger partial charge in [0.05, 0.1) is 5.56 Å². The fraction of sp³-hybridized carbons (Fsp3) is 0.250. The molecule has 86 valence electrons. The van der Waals surface area contributed by atoms with E-state index < -0.39 is 0 Å². The molecular formula is C12H14BrNOS. The zero-order chi connectivity index (χ0) is 12.0. The molecule has 0 bridgehead atoms. The lowest BCUT2D eigenvalue weighted by Crippen LogP contribution is -2.24. The molecule has 16 heavy (non-hydrogen) atoms. The van der Waals surface area contributed by atoms with Crippen molar-refractivity contribution in [2.75, 3.05) is 6.54 Å². The summed E-state index contributed by atoms with van der Waals surface area (Å²) >= 11 is 7.55. The van der Waals surface area contributed by atoms with E-state index in [4.69, 9.17) is 0 Å². The van der Waals surface area contributed by atoms with Crippen molar-refractivity contribution < 1.29 is 4.79 Å². The standard InChI is InChI=1S/C12H14BrNOS/c1-2-3-4-7-14-12(15)10-8-9(16)5-6-11(10)13/h2-3,5-6,8,16H,4,7H2,1H3,(H,14,15)/b3-2+. The highest BCUT2D eigenvalue weighted by Crippen LogP contribution is 2.19. The zero-order valence-electron chi connectivity index (χ0n) is 9.03. The van der Waals surface area contributed by atoms with Gasteiger partial charge in [0.15, 0.2) is 0 Å². The Morgan fingerprint density at radius 1 is 1.56 bits per heavy atom. The third-order valence-corrected chi connectivity index (χ3v) is 3.00. The number of hydrogen-bond donors (Lipinski definition) is 2. The van der Waals surface area contributed by atoms with Gasteiger partial charge in [0, 0.05) is 15.9 Å². The van der Waals surface area contributed by atoms with Crippen LogP contribution in [0.5, 0.6) is 0 Å². The van der Waals surface area contributed by atoms with Crippen molar-refractivity contribution in [1.82, 2.24) is 5.32 Å². The van der Waals surface area contributed by atoms with Crippen LogP contribution >= 0.6 is 28.6 Å². The van der Waals surface area contributed by atoms with Gasteiger partial charge >= 0.3 is 0 Å². The molecule has 0 aliphatic heterocycles. The first kappa shape index (κ1) is 13.3. The Morgan fingerprint density at radius 2 is 2.31 bits per heavy atom. The lowest BCUT2D eigenvalue weighted by molar-refractivity contribution is 0.0953. The van der Waals surface area contributed by atoms with E-state index in [2.05, 4.69) is 33.9 Å². The third-order valence-electron chi connectivity index (χ3n) is 2.03. The molecule has 1 amide bonds. The summed E-state index contributed by atoms with van der Waals surface area (Å²) in [6.07, 6.45) is 4.83. The minimum absolute atomic E-state index is 0.0766. The smallest absolute Gasteiger partial charge is 0.252 e. The zero-order valence-corrected chi connectivity index (χ0v) is 11.5. The van der Waals surface area contributed by atoms with Crippen LogP contribution in [0.4, 0.5) is 0 Å². The molecule has 0 heterocycles. The quantitative estimate of drug-likeness (QED) is 0.498. The Balaban J connectivity index is 2.62. The minimum atomic E-state index is -0.0766. The fourth-order valence-electron chi connectivity index (χ4n) is 1.22. The molecule has 1 aromatic carbocycles. The molecule has 0 aliphatic carbocycles. The molecule has 1 aromatic rings. The van der Waals surface area contributed by atoms with E-state index in [1.54, 1.807) is 6.07 Å². The van der Waals surface area contributed by atoms with Gasteiger partial charge in [0.25, 0.3) is 5.91 Å². The van der Waals surface area contributed by atoms with Crippen LogP contribution in [0.1, 0.15) is 23.7 Å². The van der Waals surface area contributed by atoms with E-state index in [0.29, 0.717) is 12.1 Å². The lowest BCUT2D eigenvalue weighted by atomic mass is 10.2. The number of carbonyl (C=O) groups excluding carboxylic acids is 1. The topological polar surface area (TPSA) is 29.1 Å². The molecule has 2 nitrogen and oxygen atoms in total. The van der Waals surface area contributed by atoms with E-state index in [9.17, 15) is 4.79 Å². The number of rotatable bonds is 4. The summed E-state index contributed by atoms with van der Waals surface area (Å²) in [6, 6.07) is 5.41. The molecule has 1 rings (SSSR count). The normalized spacial score (nSPS) is 10.7. The molecule has 0 spiro atoms. The molecule has 1 N–H and O–H groups in total. The molecule has 0 fully saturated rings. The molecule has 0 aliphatic rings. The van der Waals surface area contributed by atoms with Crippen molar-refractivity contribution in [2.24, 2.45) is 0 Å². The number of carbonyl (C=O) groups is 1. The van der Waals surface area contributed by atoms with Gasteiger partial charge in [-0.15, -0.1) is 12.6 Å². The Hall–Kier alpha value is -0.740. The van der Waals surface area contributed by atoms with Gasteiger partial charge in [-0.2, -0.15) is 0 Å². The maximum absolute atomic E-state index is 11.8. The minimum Gasteiger partial charge on any atom is -0.352 e. The summed E-state index contributed by atoms with van der Waals surface area (Å²) in [4.78, 5) is 12.6. The molecule has 0 saturated heterocycles. The molecule has 4 heteroatoms. The number of benzene rings is 1. The van der Waals surface area contributed by atoms with Crippen molar-refractivity contribution in [2.45, 2.75) is 18.2 Å². The van der Waals surface area contributed by atoms with Gasteiger partial charge in [-0.1, -0.05) is 12.2 Å². The van der Waals surface area contributed by atoms with E-state index in [0.717, 1.165) is 15.8 Å². The maximum Gasteiger partial charge on any atom is 0.252 e. The van der Waals surface area contributed by atoms with E-state index in [1.165, 1.54) is 0 Å². The summed E-state index contributed by atoms with van der Waals surface area (Å²) in [5.41, 5.74) is 0.618. The number of amides is 1. The SMILES string of the molecule is C/C=C/CCNC(=O)c1cc(S)ccc1Br. The first-order valence-electron chi connectivity index (χ1n) is 5.03. The summed E-state index contributed by atoms with van der Waals surface area (Å²) in [5, 5.41) is 2.85. The third kappa shape index (κ3) is 4.02. The van der Waals surface area contributed by atoms with Gasteiger partial charge in [-0.05, 0) is 47.5 Å². The molecule has 0 unspecified atom stereocenters. The van der Waals surface area contributed by atoms with Gasteiger partial charge in [-0.3, -0.25) is 4.79 Å². The largest absolute Gasteiger partial charge is 0.352 e. The molecular weight excluding hydrogens is 286 g/mol. The second-order valence-electron chi connectivity index (χ2n) is 3.28. The van der Waals surface area contributed by atoms with Crippen molar-refractivity contribution in [3.63, 3.8) is 0 Å². The van der Waals surface area contributed by atoms with Crippen LogP contribution in [-0.4, -0.2) is 12.5 Å². The van der Waals surface area contributed by atoms with Crippen LogP contribution in [0, 0.1) is 0 Å². The molecule has 0 aromatic heterocycles. The second-order valence-corrected chi connectivity index (χ2v) is 4.65. The van der Waals surface area contributed by atoms with Crippen LogP contribution in [0.3, 0.4) is 0 Å². The Morgan fingerprint density at radius 3 is 3.00 bits per heavy atom.